The first-order chi connectivity index (χ1) is 18.5. The van der Waals surface area contributed by atoms with E-state index in [4.69, 9.17) is 21.1 Å². The van der Waals surface area contributed by atoms with Gasteiger partial charge in [-0.15, -0.1) is 0 Å². The number of ether oxygens (including phenoxy) is 2. The summed E-state index contributed by atoms with van der Waals surface area (Å²) in [5.41, 5.74) is 1.70. The van der Waals surface area contributed by atoms with E-state index in [0.717, 1.165) is 24.5 Å². The van der Waals surface area contributed by atoms with Gasteiger partial charge in [-0.25, -0.2) is 13.6 Å². The van der Waals surface area contributed by atoms with Crippen molar-refractivity contribution < 1.29 is 27.8 Å². The van der Waals surface area contributed by atoms with E-state index in [-0.39, 0.29) is 28.6 Å². The van der Waals surface area contributed by atoms with Crippen LogP contribution < -0.4 is 9.80 Å². The predicted octanol–water partition coefficient (Wildman–Crippen LogP) is 7.51. The summed E-state index contributed by atoms with van der Waals surface area (Å²) in [6.07, 6.45) is 1.84. The Labute approximate surface area is 239 Å². The molecule has 3 aliphatic rings. The largest absolute Gasteiger partial charge is 0.460 e. The molecule has 9 heteroatoms. The summed E-state index contributed by atoms with van der Waals surface area (Å²) in [5.74, 6) is -1.97. The molecule has 216 valence electrons. The molecule has 2 aliphatic carbocycles. The standard InChI is InChI=1S/C31H37ClF2N2O4/c1-29(2,3)39-23(37)13-18-15-31(18)10-11-36(16-31)27-20(32)9-8-17-12-19-22(35(7)28(38)40-30(4,5)6)14-21(33)26(34)25(19)24(17)27/h8-9,14,18H,10-13,15-16H2,1-7H3. The van der Waals surface area contributed by atoms with Gasteiger partial charge in [0.15, 0.2) is 11.6 Å². The zero-order chi connectivity index (χ0) is 29.4. The number of anilines is 2. The summed E-state index contributed by atoms with van der Waals surface area (Å²) < 4.78 is 41.7. The Bertz CT molecular complexity index is 1400. The second-order valence-corrected chi connectivity index (χ2v) is 13.8. The number of amides is 1. The molecule has 40 heavy (non-hydrogen) atoms. The molecule has 0 N–H and O–H groups in total. The van der Waals surface area contributed by atoms with E-state index in [1.807, 2.05) is 26.8 Å². The molecule has 1 aliphatic heterocycles. The lowest BCUT2D eigenvalue weighted by Gasteiger charge is -2.27. The van der Waals surface area contributed by atoms with Crippen molar-refractivity contribution in [3.63, 3.8) is 0 Å². The van der Waals surface area contributed by atoms with E-state index in [2.05, 4.69) is 4.90 Å². The molecule has 2 unspecified atom stereocenters. The van der Waals surface area contributed by atoms with Crippen molar-refractivity contribution in [3.8, 4) is 11.1 Å². The Balaban J connectivity index is 1.46. The number of fused-ring (bicyclic) bond motifs is 3. The SMILES string of the molecule is CN(C(=O)OC(C)(C)C)c1cc(F)c(F)c2c1Cc1ccc(Cl)c(N3CCC4(CC4CC(=O)OC(C)(C)C)C3)c1-2. The Hall–Kier alpha value is -2.87. The Morgan fingerprint density at radius 1 is 1.10 bits per heavy atom. The van der Waals surface area contributed by atoms with Gasteiger partial charge in [-0.1, -0.05) is 17.7 Å². The highest BCUT2D eigenvalue weighted by molar-refractivity contribution is 6.34. The summed E-state index contributed by atoms with van der Waals surface area (Å²) in [5, 5.41) is 0.457. The molecule has 6 nitrogen and oxygen atoms in total. The summed E-state index contributed by atoms with van der Waals surface area (Å²) in [7, 11) is 1.50. The van der Waals surface area contributed by atoms with Crippen molar-refractivity contribution in [2.45, 2.75) is 78.4 Å². The highest BCUT2D eigenvalue weighted by atomic mass is 35.5. The maximum absolute atomic E-state index is 15.6. The molecule has 1 saturated carbocycles. The van der Waals surface area contributed by atoms with Gasteiger partial charge in [-0.2, -0.15) is 0 Å². The monoisotopic (exact) mass is 574 g/mol. The minimum Gasteiger partial charge on any atom is -0.460 e. The van der Waals surface area contributed by atoms with Crippen LogP contribution in [0.25, 0.3) is 11.1 Å². The fourth-order valence-electron chi connectivity index (χ4n) is 6.24. The van der Waals surface area contributed by atoms with E-state index in [0.29, 0.717) is 47.8 Å². The van der Waals surface area contributed by atoms with Crippen LogP contribution in [-0.4, -0.2) is 43.4 Å². The van der Waals surface area contributed by atoms with Crippen molar-refractivity contribution in [2.24, 2.45) is 11.3 Å². The Kier molecular flexibility index (Phi) is 6.88. The minimum atomic E-state index is -1.04. The maximum Gasteiger partial charge on any atom is 0.414 e. The van der Waals surface area contributed by atoms with Crippen LogP contribution in [0.2, 0.25) is 5.02 Å². The molecule has 2 aromatic rings. The molecule has 1 saturated heterocycles. The second kappa shape index (κ2) is 9.61. The molecule has 1 heterocycles. The average Bonchev–Trinajstić information content (AvgIpc) is 3.13. The summed E-state index contributed by atoms with van der Waals surface area (Å²) >= 11 is 6.76. The number of halogens is 3. The first-order valence-corrected chi connectivity index (χ1v) is 14.1. The highest BCUT2D eigenvalue weighted by Crippen LogP contribution is 2.62. The number of benzene rings is 2. The van der Waals surface area contributed by atoms with E-state index in [1.165, 1.54) is 11.9 Å². The van der Waals surface area contributed by atoms with Crippen LogP contribution in [-0.2, 0) is 20.7 Å². The van der Waals surface area contributed by atoms with Crippen LogP contribution in [0.15, 0.2) is 18.2 Å². The Morgan fingerprint density at radius 3 is 2.42 bits per heavy atom. The van der Waals surface area contributed by atoms with Gasteiger partial charge in [-0.3, -0.25) is 9.69 Å². The van der Waals surface area contributed by atoms with Crippen LogP contribution in [0.3, 0.4) is 0 Å². The van der Waals surface area contributed by atoms with Gasteiger partial charge in [0.2, 0.25) is 0 Å². The lowest BCUT2D eigenvalue weighted by atomic mass is 10.00. The molecule has 1 amide bonds. The second-order valence-electron chi connectivity index (χ2n) is 13.4. The molecule has 1 spiro atoms. The van der Waals surface area contributed by atoms with Gasteiger partial charge >= 0.3 is 12.1 Å². The summed E-state index contributed by atoms with van der Waals surface area (Å²) in [6, 6.07) is 4.69. The number of hydrogen-bond acceptors (Lipinski definition) is 5. The van der Waals surface area contributed by atoms with Gasteiger partial charge in [0.05, 0.1) is 16.4 Å². The number of nitrogens with zero attached hydrogens (tertiary/aromatic N) is 2. The fraction of sp³-hybridized carbons (Fsp3) is 0.548. The van der Waals surface area contributed by atoms with Crippen LogP contribution in [0, 0.1) is 23.0 Å². The molecule has 2 atom stereocenters. The highest BCUT2D eigenvalue weighted by Gasteiger charge is 2.58. The first kappa shape index (κ1) is 28.7. The zero-order valence-corrected chi connectivity index (χ0v) is 25.0. The van der Waals surface area contributed by atoms with Gasteiger partial charge in [-0.05, 0) is 82.9 Å². The third-order valence-electron chi connectivity index (χ3n) is 8.06. The number of hydrogen-bond donors (Lipinski definition) is 0. The van der Waals surface area contributed by atoms with Crippen molar-refractivity contribution in [1.29, 1.82) is 0 Å². The zero-order valence-electron chi connectivity index (χ0n) is 24.2. The first-order valence-electron chi connectivity index (χ1n) is 13.8. The fourth-order valence-corrected chi connectivity index (χ4v) is 6.52. The molecule has 2 fully saturated rings. The molecular weight excluding hydrogens is 538 g/mol. The number of esters is 1. The van der Waals surface area contributed by atoms with Gasteiger partial charge in [0.25, 0.3) is 0 Å². The molecular formula is C31H37ClF2N2O4. The van der Waals surface area contributed by atoms with Crippen LogP contribution in [0.4, 0.5) is 25.0 Å². The Morgan fingerprint density at radius 2 is 1.77 bits per heavy atom. The van der Waals surface area contributed by atoms with Crippen molar-refractivity contribution >= 4 is 35.0 Å². The smallest absolute Gasteiger partial charge is 0.414 e. The van der Waals surface area contributed by atoms with Gasteiger partial charge in [0, 0.05) is 50.2 Å². The lowest BCUT2D eigenvalue weighted by Crippen LogP contribution is -2.34. The lowest BCUT2D eigenvalue weighted by molar-refractivity contribution is -0.155. The van der Waals surface area contributed by atoms with E-state index in [9.17, 15) is 9.59 Å². The van der Waals surface area contributed by atoms with Crippen LogP contribution >= 0.6 is 11.6 Å². The molecule has 2 aromatic carbocycles. The van der Waals surface area contributed by atoms with E-state index in [1.54, 1.807) is 26.8 Å². The summed E-state index contributed by atoms with van der Waals surface area (Å²) in [6.45, 7) is 12.2. The molecule has 0 aromatic heterocycles. The number of rotatable bonds is 4. The number of carbonyl (C=O) groups is 2. The minimum absolute atomic E-state index is 0.0209. The van der Waals surface area contributed by atoms with Crippen molar-refractivity contribution in [2.75, 3.05) is 29.9 Å². The quantitative estimate of drug-likeness (QED) is 0.302. The normalized spacial score (nSPS) is 21.4. The molecule has 0 bridgehead atoms. The number of carbonyl (C=O) groups excluding carboxylic acids is 2. The molecule has 0 radical (unpaired) electrons. The predicted molar refractivity (Wildman–Crippen MR) is 152 cm³/mol. The summed E-state index contributed by atoms with van der Waals surface area (Å²) in [4.78, 5) is 28.7. The van der Waals surface area contributed by atoms with E-state index >= 15 is 8.78 Å². The van der Waals surface area contributed by atoms with Gasteiger partial charge < -0.3 is 14.4 Å². The van der Waals surface area contributed by atoms with Crippen molar-refractivity contribution in [1.82, 2.24) is 0 Å². The van der Waals surface area contributed by atoms with Gasteiger partial charge in [0.1, 0.15) is 11.2 Å². The topological polar surface area (TPSA) is 59.1 Å². The van der Waals surface area contributed by atoms with Crippen LogP contribution in [0.5, 0.6) is 0 Å². The van der Waals surface area contributed by atoms with Crippen LogP contribution in [0.1, 0.15) is 71.9 Å². The van der Waals surface area contributed by atoms with E-state index < -0.39 is 28.9 Å². The maximum atomic E-state index is 15.6. The molecule has 5 rings (SSSR count). The van der Waals surface area contributed by atoms with Crippen molar-refractivity contribution in [3.05, 3.63) is 46.0 Å². The third-order valence-corrected chi connectivity index (χ3v) is 8.36. The third kappa shape index (κ3) is 5.27. The average molecular weight is 575 g/mol.